The number of hydrogen-bond donors (Lipinski definition) is 1. The molecule has 0 aliphatic carbocycles. The summed E-state index contributed by atoms with van der Waals surface area (Å²) in [5.41, 5.74) is 8.45. The van der Waals surface area contributed by atoms with Gasteiger partial charge < -0.3 is 5.73 Å². The second kappa shape index (κ2) is 5.31. The Morgan fingerprint density at radius 1 is 1.47 bits per heavy atom. The fraction of sp³-hybridized carbons (Fsp3) is 0.750. The van der Waals surface area contributed by atoms with Gasteiger partial charge in [0.05, 0.1) is 5.69 Å². The van der Waals surface area contributed by atoms with Gasteiger partial charge in [-0.2, -0.15) is 5.10 Å². The van der Waals surface area contributed by atoms with Gasteiger partial charge in [-0.05, 0) is 32.3 Å². The first kappa shape index (κ1) is 12.2. The van der Waals surface area contributed by atoms with Crippen molar-refractivity contribution in [3.63, 3.8) is 0 Å². The molecule has 0 amide bonds. The van der Waals surface area contributed by atoms with E-state index < -0.39 is 0 Å². The van der Waals surface area contributed by atoms with E-state index in [0.29, 0.717) is 5.92 Å². The summed E-state index contributed by atoms with van der Waals surface area (Å²) in [5.74, 6) is 0.666. The van der Waals surface area contributed by atoms with Crippen LogP contribution in [0.3, 0.4) is 0 Å². The maximum atomic E-state index is 6.10. The molecule has 15 heavy (non-hydrogen) atoms. The minimum absolute atomic E-state index is 0.256. The largest absolute Gasteiger partial charge is 0.327 e. The SMILES string of the molecule is CCn1nc(C)cc1CC(N)CC(C)C. The summed E-state index contributed by atoms with van der Waals surface area (Å²) in [6.07, 6.45) is 2.01. The summed E-state index contributed by atoms with van der Waals surface area (Å²) >= 11 is 0. The first-order valence-corrected chi connectivity index (χ1v) is 5.81. The maximum Gasteiger partial charge on any atom is 0.0596 e. The smallest absolute Gasteiger partial charge is 0.0596 e. The van der Waals surface area contributed by atoms with Crippen LogP contribution in [0.4, 0.5) is 0 Å². The van der Waals surface area contributed by atoms with E-state index in [1.54, 1.807) is 0 Å². The molecule has 0 aliphatic heterocycles. The zero-order chi connectivity index (χ0) is 11.4. The van der Waals surface area contributed by atoms with Crippen molar-refractivity contribution >= 4 is 0 Å². The first-order chi connectivity index (χ1) is 7.02. The number of nitrogens with two attached hydrogens (primary N) is 1. The van der Waals surface area contributed by atoms with E-state index in [4.69, 9.17) is 5.73 Å². The Bertz CT molecular complexity index is 302. The van der Waals surface area contributed by atoms with Gasteiger partial charge in [-0.3, -0.25) is 4.68 Å². The van der Waals surface area contributed by atoms with E-state index >= 15 is 0 Å². The molecule has 0 aromatic carbocycles. The Morgan fingerprint density at radius 2 is 2.13 bits per heavy atom. The molecule has 0 saturated carbocycles. The molecule has 1 atom stereocenters. The summed E-state index contributed by atoms with van der Waals surface area (Å²) in [6.45, 7) is 9.50. The number of rotatable bonds is 5. The van der Waals surface area contributed by atoms with Gasteiger partial charge in [0.2, 0.25) is 0 Å². The van der Waals surface area contributed by atoms with Crippen LogP contribution in [0.5, 0.6) is 0 Å². The summed E-state index contributed by atoms with van der Waals surface area (Å²) in [6, 6.07) is 2.40. The van der Waals surface area contributed by atoms with Crippen molar-refractivity contribution in [3.8, 4) is 0 Å². The summed E-state index contributed by atoms with van der Waals surface area (Å²) in [4.78, 5) is 0. The first-order valence-electron chi connectivity index (χ1n) is 5.81. The van der Waals surface area contributed by atoms with Gasteiger partial charge in [-0.25, -0.2) is 0 Å². The number of hydrogen-bond acceptors (Lipinski definition) is 2. The molecule has 0 spiro atoms. The topological polar surface area (TPSA) is 43.8 Å². The van der Waals surface area contributed by atoms with Crippen molar-refractivity contribution < 1.29 is 0 Å². The molecule has 86 valence electrons. The van der Waals surface area contributed by atoms with Gasteiger partial charge in [-0.15, -0.1) is 0 Å². The van der Waals surface area contributed by atoms with Crippen molar-refractivity contribution in [2.24, 2.45) is 11.7 Å². The van der Waals surface area contributed by atoms with Crippen LogP contribution in [0.15, 0.2) is 6.07 Å². The fourth-order valence-corrected chi connectivity index (χ4v) is 1.99. The molecule has 3 nitrogen and oxygen atoms in total. The Hall–Kier alpha value is -0.830. The summed E-state index contributed by atoms with van der Waals surface area (Å²) in [5, 5.41) is 4.42. The van der Waals surface area contributed by atoms with Crippen molar-refractivity contribution in [2.75, 3.05) is 0 Å². The Balaban J connectivity index is 2.62. The lowest BCUT2D eigenvalue weighted by atomic mass is 10.0. The van der Waals surface area contributed by atoms with Crippen LogP contribution in [-0.4, -0.2) is 15.8 Å². The van der Waals surface area contributed by atoms with Crippen LogP contribution in [-0.2, 0) is 13.0 Å². The van der Waals surface area contributed by atoms with Crippen LogP contribution in [0.25, 0.3) is 0 Å². The summed E-state index contributed by atoms with van der Waals surface area (Å²) < 4.78 is 2.05. The monoisotopic (exact) mass is 209 g/mol. The molecule has 0 aliphatic rings. The molecule has 0 saturated heterocycles. The van der Waals surface area contributed by atoms with Crippen molar-refractivity contribution in [2.45, 2.75) is 53.1 Å². The highest BCUT2D eigenvalue weighted by molar-refractivity contribution is 5.10. The zero-order valence-electron chi connectivity index (χ0n) is 10.3. The van der Waals surface area contributed by atoms with Crippen molar-refractivity contribution in [1.82, 2.24) is 9.78 Å². The van der Waals surface area contributed by atoms with Gasteiger partial charge in [0.15, 0.2) is 0 Å². The van der Waals surface area contributed by atoms with E-state index in [0.717, 1.165) is 25.1 Å². The van der Waals surface area contributed by atoms with Crippen LogP contribution in [0.1, 0.15) is 38.6 Å². The van der Waals surface area contributed by atoms with Gasteiger partial charge in [0, 0.05) is 24.7 Å². The second-order valence-corrected chi connectivity index (χ2v) is 4.69. The quantitative estimate of drug-likeness (QED) is 0.807. The van der Waals surface area contributed by atoms with Crippen LogP contribution in [0.2, 0.25) is 0 Å². The normalized spacial score (nSPS) is 13.5. The van der Waals surface area contributed by atoms with E-state index in [2.05, 4.69) is 36.6 Å². The van der Waals surface area contributed by atoms with Gasteiger partial charge >= 0.3 is 0 Å². The van der Waals surface area contributed by atoms with Crippen LogP contribution in [0, 0.1) is 12.8 Å². The van der Waals surface area contributed by atoms with Gasteiger partial charge in [0.25, 0.3) is 0 Å². The Morgan fingerprint density at radius 3 is 2.67 bits per heavy atom. The molecule has 2 N–H and O–H groups in total. The average Bonchev–Trinajstić information content (AvgIpc) is 2.44. The molecule has 3 heteroatoms. The minimum Gasteiger partial charge on any atom is -0.327 e. The molecule has 1 aromatic rings. The second-order valence-electron chi connectivity index (χ2n) is 4.69. The number of aryl methyl sites for hydroxylation is 2. The predicted octanol–water partition coefficient (Wildman–Crippen LogP) is 2.13. The lowest BCUT2D eigenvalue weighted by Crippen LogP contribution is -2.26. The molecule has 1 rings (SSSR count). The molecule has 1 aromatic heterocycles. The van der Waals surface area contributed by atoms with Crippen LogP contribution >= 0.6 is 0 Å². The van der Waals surface area contributed by atoms with E-state index in [1.165, 1.54) is 5.69 Å². The molecule has 0 bridgehead atoms. The van der Waals surface area contributed by atoms with Crippen LogP contribution < -0.4 is 5.73 Å². The van der Waals surface area contributed by atoms with E-state index in [9.17, 15) is 0 Å². The molecular weight excluding hydrogens is 186 g/mol. The molecule has 0 fully saturated rings. The molecule has 1 unspecified atom stereocenters. The zero-order valence-corrected chi connectivity index (χ0v) is 10.3. The lowest BCUT2D eigenvalue weighted by Gasteiger charge is -2.14. The highest BCUT2D eigenvalue weighted by atomic mass is 15.3. The molecule has 0 radical (unpaired) electrons. The van der Waals surface area contributed by atoms with Crippen molar-refractivity contribution in [1.29, 1.82) is 0 Å². The predicted molar refractivity (Wildman–Crippen MR) is 63.8 cm³/mol. The Labute approximate surface area is 92.7 Å². The molecular formula is C12H23N3. The minimum atomic E-state index is 0.256. The third kappa shape index (κ3) is 3.67. The average molecular weight is 209 g/mol. The third-order valence-corrected chi connectivity index (χ3v) is 2.53. The highest BCUT2D eigenvalue weighted by Crippen LogP contribution is 2.10. The van der Waals surface area contributed by atoms with Gasteiger partial charge in [0.1, 0.15) is 0 Å². The molecule has 1 heterocycles. The number of nitrogens with zero attached hydrogens (tertiary/aromatic N) is 2. The maximum absolute atomic E-state index is 6.10. The third-order valence-electron chi connectivity index (χ3n) is 2.53. The van der Waals surface area contributed by atoms with Gasteiger partial charge in [-0.1, -0.05) is 13.8 Å². The van der Waals surface area contributed by atoms with E-state index in [1.807, 2.05) is 6.92 Å². The lowest BCUT2D eigenvalue weighted by molar-refractivity contribution is 0.478. The van der Waals surface area contributed by atoms with Crippen molar-refractivity contribution in [3.05, 3.63) is 17.5 Å². The van der Waals surface area contributed by atoms with E-state index in [-0.39, 0.29) is 6.04 Å². The standard InChI is InChI=1S/C12H23N3/c1-5-15-12(7-10(4)14-15)8-11(13)6-9(2)3/h7,9,11H,5-6,8,13H2,1-4H3. The highest BCUT2D eigenvalue weighted by Gasteiger charge is 2.10. The Kier molecular flexibility index (Phi) is 4.33. The number of aromatic nitrogens is 2. The fourth-order valence-electron chi connectivity index (χ4n) is 1.99. The summed E-state index contributed by atoms with van der Waals surface area (Å²) in [7, 11) is 0.